The number of hydrogen-bond donors (Lipinski definition) is 1. The number of sulfonamides is 1. The Balaban J connectivity index is 1.95. The van der Waals surface area contributed by atoms with Gasteiger partial charge in [0.05, 0.1) is 12.0 Å². The van der Waals surface area contributed by atoms with Gasteiger partial charge >= 0.3 is 0 Å². The van der Waals surface area contributed by atoms with Crippen LogP contribution in [0.3, 0.4) is 0 Å². The quantitative estimate of drug-likeness (QED) is 0.778. The third-order valence-corrected chi connectivity index (χ3v) is 4.89. The van der Waals surface area contributed by atoms with Gasteiger partial charge in [-0.3, -0.25) is 0 Å². The predicted molar refractivity (Wildman–Crippen MR) is 89.6 cm³/mol. The van der Waals surface area contributed by atoms with Crippen molar-refractivity contribution in [3.8, 4) is 11.5 Å². The number of aryl methyl sites for hydroxylation is 2. The van der Waals surface area contributed by atoms with E-state index in [0.717, 1.165) is 17.2 Å². The van der Waals surface area contributed by atoms with Crippen LogP contribution in [-0.4, -0.2) is 28.7 Å². The molecule has 0 aromatic heterocycles. The fraction of sp³-hybridized carbons (Fsp3) is 0.294. The highest BCUT2D eigenvalue weighted by atomic mass is 32.2. The van der Waals surface area contributed by atoms with Crippen molar-refractivity contribution < 1.29 is 22.3 Å². The first kappa shape index (κ1) is 18.2. The third-order valence-electron chi connectivity index (χ3n) is 3.43. The number of ether oxygens (including phenoxy) is 2. The van der Waals surface area contributed by atoms with E-state index in [4.69, 9.17) is 9.47 Å². The largest absolute Gasteiger partial charge is 0.494 e. The van der Waals surface area contributed by atoms with E-state index >= 15 is 0 Å². The molecule has 0 saturated heterocycles. The van der Waals surface area contributed by atoms with E-state index in [1.165, 1.54) is 19.2 Å². The van der Waals surface area contributed by atoms with Gasteiger partial charge in [-0.25, -0.2) is 17.5 Å². The van der Waals surface area contributed by atoms with Crippen molar-refractivity contribution in [1.82, 2.24) is 4.72 Å². The Bertz CT molecular complexity index is 821. The highest BCUT2D eigenvalue weighted by molar-refractivity contribution is 7.89. The van der Waals surface area contributed by atoms with Crippen molar-refractivity contribution in [2.45, 2.75) is 18.7 Å². The van der Waals surface area contributed by atoms with Gasteiger partial charge in [0.1, 0.15) is 12.4 Å². The van der Waals surface area contributed by atoms with Crippen LogP contribution in [0.1, 0.15) is 11.1 Å². The summed E-state index contributed by atoms with van der Waals surface area (Å²) in [4.78, 5) is -0.160. The second kappa shape index (κ2) is 7.63. The van der Waals surface area contributed by atoms with E-state index in [2.05, 4.69) is 4.72 Å². The normalized spacial score (nSPS) is 11.3. The average Bonchev–Trinajstić information content (AvgIpc) is 2.54. The molecule has 0 unspecified atom stereocenters. The van der Waals surface area contributed by atoms with E-state index < -0.39 is 15.8 Å². The van der Waals surface area contributed by atoms with Crippen molar-refractivity contribution in [3.63, 3.8) is 0 Å². The number of nitrogens with one attached hydrogen (secondary N) is 1. The van der Waals surface area contributed by atoms with Crippen LogP contribution in [-0.2, 0) is 10.0 Å². The van der Waals surface area contributed by atoms with Crippen LogP contribution in [0.4, 0.5) is 4.39 Å². The van der Waals surface area contributed by atoms with Gasteiger partial charge in [-0.2, -0.15) is 0 Å². The summed E-state index contributed by atoms with van der Waals surface area (Å²) < 4.78 is 50.7. The standard InChI is InChI=1S/C17H20FNO4S/c1-12-4-5-13(2)17(10-12)23-9-8-19-24(20,21)14-6-7-16(22-3)15(18)11-14/h4-7,10-11,19H,8-9H2,1-3H3. The molecule has 130 valence electrons. The molecule has 0 radical (unpaired) electrons. The zero-order valence-electron chi connectivity index (χ0n) is 13.8. The van der Waals surface area contributed by atoms with E-state index in [1.54, 1.807) is 0 Å². The molecule has 0 heterocycles. The Labute approximate surface area is 141 Å². The summed E-state index contributed by atoms with van der Waals surface area (Å²) in [6, 6.07) is 9.29. The molecule has 7 heteroatoms. The van der Waals surface area contributed by atoms with Crippen LogP contribution >= 0.6 is 0 Å². The van der Waals surface area contributed by atoms with E-state index in [9.17, 15) is 12.8 Å². The molecule has 2 aromatic rings. The molecule has 0 fully saturated rings. The van der Waals surface area contributed by atoms with Gasteiger partial charge in [0.2, 0.25) is 10.0 Å². The van der Waals surface area contributed by atoms with Crippen LogP contribution in [0, 0.1) is 19.7 Å². The lowest BCUT2D eigenvalue weighted by molar-refractivity contribution is 0.320. The molecule has 0 amide bonds. The molecule has 5 nitrogen and oxygen atoms in total. The lowest BCUT2D eigenvalue weighted by Crippen LogP contribution is -2.28. The molecule has 0 aliphatic carbocycles. The topological polar surface area (TPSA) is 64.6 Å². The minimum atomic E-state index is -3.81. The molecule has 1 N–H and O–H groups in total. The van der Waals surface area contributed by atoms with Crippen LogP contribution in [0.25, 0.3) is 0 Å². The fourth-order valence-electron chi connectivity index (χ4n) is 2.10. The summed E-state index contributed by atoms with van der Waals surface area (Å²) >= 11 is 0. The first-order chi connectivity index (χ1) is 11.3. The monoisotopic (exact) mass is 353 g/mol. The maximum absolute atomic E-state index is 13.6. The highest BCUT2D eigenvalue weighted by Gasteiger charge is 2.16. The minimum Gasteiger partial charge on any atom is -0.494 e. The Morgan fingerprint density at radius 3 is 2.50 bits per heavy atom. The molecule has 0 bridgehead atoms. The van der Waals surface area contributed by atoms with E-state index in [1.807, 2.05) is 32.0 Å². The number of methoxy groups -OCH3 is 1. The number of rotatable bonds is 7. The third kappa shape index (κ3) is 4.46. The van der Waals surface area contributed by atoms with Crippen LogP contribution < -0.4 is 14.2 Å². The number of halogens is 1. The lowest BCUT2D eigenvalue weighted by atomic mass is 10.1. The number of hydrogen-bond acceptors (Lipinski definition) is 4. The SMILES string of the molecule is COc1ccc(S(=O)(=O)NCCOc2cc(C)ccc2C)cc1F. The Morgan fingerprint density at radius 2 is 1.83 bits per heavy atom. The molecular weight excluding hydrogens is 333 g/mol. The Kier molecular flexibility index (Phi) is 5.80. The van der Waals surface area contributed by atoms with Crippen molar-refractivity contribution in [1.29, 1.82) is 0 Å². The molecule has 0 saturated carbocycles. The smallest absolute Gasteiger partial charge is 0.240 e. The van der Waals surface area contributed by atoms with E-state index in [-0.39, 0.29) is 23.8 Å². The summed E-state index contributed by atoms with van der Waals surface area (Å²) in [5.74, 6) is -0.0242. The first-order valence-corrected chi connectivity index (χ1v) is 8.85. The summed E-state index contributed by atoms with van der Waals surface area (Å²) in [5, 5.41) is 0. The molecule has 0 aliphatic heterocycles. The van der Waals surface area contributed by atoms with Crippen molar-refractivity contribution >= 4 is 10.0 Å². The van der Waals surface area contributed by atoms with Crippen LogP contribution in [0.15, 0.2) is 41.3 Å². The average molecular weight is 353 g/mol. The lowest BCUT2D eigenvalue weighted by Gasteiger charge is -2.11. The summed E-state index contributed by atoms with van der Waals surface area (Å²) in [6.07, 6.45) is 0. The van der Waals surface area contributed by atoms with Crippen molar-refractivity contribution in [3.05, 3.63) is 53.3 Å². The summed E-state index contributed by atoms with van der Waals surface area (Å²) in [7, 11) is -2.49. The Hall–Kier alpha value is -2.12. The molecule has 2 rings (SSSR count). The number of benzene rings is 2. The second-order valence-corrected chi connectivity index (χ2v) is 7.08. The maximum Gasteiger partial charge on any atom is 0.240 e. The van der Waals surface area contributed by atoms with Gasteiger partial charge in [0, 0.05) is 6.54 Å². The molecule has 0 atom stereocenters. The van der Waals surface area contributed by atoms with Gasteiger partial charge in [-0.05, 0) is 49.2 Å². The predicted octanol–water partition coefficient (Wildman–Crippen LogP) is 2.81. The molecule has 2 aromatic carbocycles. The van der Waals surface area contributed by atoms with Crippen LogP contribution in [0.2, 0.25) is 0 Å². The first-order valence-electron chi connectivity index (χ1n) is 7.37. The molecule has 24 heavy (non-hydrogen) atoms. The highest BCUT2D eigenvalue weighted by Crippen LogP contribution is 2.21. The molecule has 0 aliphatic rings. The maximum atomic E-state index is 13.6. The van der Waals surface area contributed by atoms with Gasteiger partial charge < -0.3 is 9.47 Å². The Morgan fingerprint density at radius 1 is 1.08 bits per heavy atom. The van der Waals surface area contributed by atoms with Gasteiger partial charge in [-0.15, -0.1) is 0 Å². The zero-order valence-corrected chi connectivity index (χ0v) is 14.6. The van der Waals surface area contributed by atoms with Gasteiger partial charge in [0.15, 0.2) is 11.6 Å². The van der Waals surface area contributed by atoms with Gasteiger partial charge in [0.25, 0.3) is 0 Å². The fourth-order valence-corrected chi connectivity index (χ4v) is 3.12. The van der Waals surface area contributed by atoms with Crippen molar-refractivity contribution in [2.75, 3.05) is 20.3 Å². The molecule has 0 spiro atoms. The molecular formula is C17H20FNO4S. The summed E-state index contributed by atoms with van der Waals surface area (Å²) in [5.41, 5.74) is 2.03. The minimum absolute atomic E-state index is 0.00722. The van der Waals surface area contributed by atoms with Crippen LogP contribution in [0.5, 0.6) is 11.5 Å². The van der Waals surface area contributed by atoms with E-state index in [0.29, 0.717) is 5.75 Å². The summed E-state index contributed by atoms with van der Waals surface area (Å²) in [6.45, 7) is 4.11. The van der Waals surface area contributed by atoms with Gasteiger partial charge in [-0.1, -0.05) is 12.1 Å². The zero-order chi connectivity index (χ0) is 17.7. The second-order valence-electron chi connectivity index (χ2n) is 5.31. The van der Waals surface area contributed by atoms with Crippen molar-refractivity contribution in [2.24, 2.45) is 0 Å².